The molecule has 4 unspecified atom stereocenters. The molecule has 2 rings (SSSR count). The van der Waals surface area contributed by atoms with E-state index in [4.69, 9.17) is 10.9 Å². The van der Waals surface area contributed by atoms with E-state index < -0.39 is 0 Å². The zero-order valence-electron chi connectivity index (χ0n) is 11.2. The van der Waals surface area contributed by atoms with Crippen LogP contribution in [0.1, 0.15) is 39.0 Å². The number of hydrogen-bond acceptors (Lipinski definition) is 3. The maximum absolute atomic E-state index is 12.4. The molecule has 2 fully saturated rings. The average Bonchev–Trinajstić information content (AvgIpc) is 2.98. The number of amidine groups is 1. The van der Waals surface area contributed by atoms with Crippen molar-refractivity contribution >= 4 is 11.7 Å². The Balaban J connectivity index is 1.92. The Labute approximate surface area is 108 Å². The van der Waals surface area contributed by atoms with Crippen LogP contribution in [0.3, 0.4) is 0 Å². The molecule has 18 heavy (non-hydrogen) atoms. The van der Waals surface area contributed by atoms with Crippen molar-refractivity contribution in [3.05, 3.63) is 0 Å². The van der Waals surface area contributed by atoms with Crippen LogP contribution in [-0.4, -0.2) is 34.9 Å². The Hall–Kier alpha value is -1.26. The normalized spacial score (nSPS) is 32.6. The second-order valence-electron chi connectivity index (χ2n) is 5.87. The Morgan fingerprint density at radius 1 is 1.50 bits per heavy atom. The van der Waals surface area contributed by atoms with Crippen molar-refractivity contribution in [2.45, 2.75) is 45.1 Å². The van der Waals surface area contributed by atoms with Crippen LogP contribution < -0.4 is 5.73 Å². The lowest BCUT2D eigenvalue weighted by Gasteiger charge is -2.30. The maximum atomic E-state index is 12.4. The molecule has 2 aliphatic rings. The van der Waals surface area contributed by atoms with Crippen LogP contribution in [0.25, 0.3) is 0 Å². The molecular formula is C13H23N3O2. The van der Waals surface area contributed by atoms with Gasteiger partial charge in [-0.2, -0.15) is 0 Å². The highest BCUT2D eigenvalue weighted by Gasteiger charge is 2.44. The van der Waals surface area contributed by atoms with Gasteiger partial charge in [-0.25, -0.2) is 0 Å². The van der Waals surface area contributed by atoms with E-state index in [0.29, 0.717) is 12.3 Å². The van der Waals surface area contributed by atoms with Crippen LogP contribution in [0.4, 0.5) is 0 Å². The maximum Gasteiger partial charge on any atom is 0.225 e. The topological polar surface area (TPSA) is 78.9 Å². The van der Waals surface area contributed by atoms with Crippen molar-refractivity contribution in [2.75, 3.05) is 7.05 Å². The van der Waals surface area contributed by atoms with Crippen molar-refractivity contribution < 1.29 is 10.0 Å². The molecule has 5 nitrogen and oxygen atoms in total. The third-order valence-corrected chi connectivity index (χ3v) is 4.70. The number of rotatable bonds is 4. The lowest BCUT2D eigenvalue weighted by molar-refractivity contribution is -0.137. The van der Waals surface area contributed by atoms with Crippen molar-refractivity contribution in [3.8, 4) is 0 Å². The SMILES string of the molecule is CC(CC(N)=NO)N(C)C(=O)C1CC2CCC1C2. The van der Waals surface area contributed by atoms with Crippen molar-refractivity contribution in [2.24, 2.45) is 28.6 Å². The van der Waals surface area contributed by atoms with Gasteiger partial charge in [0.25, 0.3) is 0 Å². The number of carbonyl (C=O) groups is 1. The number of fused-ring (bicyclic) bond motifs is 2. The fourth-order valence-corrected chi connectivity index (χ4v) is 3.51. The average molecular weight is 253 g/mol. The van der Waals surface area contributed by atoms with E-state index in [1.54, 1.807) is 4.90 Å². The highest BCUT2D eigenvalue weighted by Crippen LogP contribution is 2.48. The second-order valence-corrected chi connectivity index (χ2v) is 5.87. The molecule has 0 heterocycles. The molecule has 2 aliphatic carbocycles. The van der Waals surface area contributed by atoms with Crippen molar-refractivity contribution in [1.29, 1.82) is 0 Å². The summed E-state index contributed by atoms with van der Waals surface area (Å²) >= 11 is 0. The fourth-order valence-electron chi connectivity index (χ4n) is 3.51. The Morgan fingerprint density at radius 2 is 2.22 bits per heavy atom. The first-order chi connectivity index (χ1) is 8.52. The van der Waals surface area contributed by atoms with Gasteiger partial charge in [0.05, 0.1) is 0 Å². The van der Waals surface area contributed by atoms with Crippen LogP contribution in [0.5, 0.6) is 0 Å². The van der Waals surface area contributed by atoms with Crippen LogP contribution in [-0.2, 0) is 4.79 Å². The minimum Gasteiger partial charge on any atom is -0.409 e. The molecule has 0 spiro atoms. The van der Waals surface area contributed by atoms with E-state index in [9.17, 15) is 4.79 Å². The third kappa shape index (κ3) is 2.44. The first-order valence-corrected chi connectivity index (χ1v) is 6.76. The Kier molecular flexibility index (Phi) is 3.78. The second kappa shape index (κ2) is 5.16. The third-order valence-electron chi connectivity index (χ3n) is 4.70. The predicted octanol–water partition coefficient (Wildman–Crippen LogP) is 1.41. The van der Waals surface area contributed by atoms with Crippen LogP contribution in [0.2, 0.25) is 0 Å². The predicted molar refractivity (Wildman–Crippen MR) is 69.2 cm³/mol. The highest BCUT2D eigenvalue weighted by atomic mass is 16.4. The number of nitrogens with two attached hydrogens (primary N) is 1. The summed E-state index contributed by atoms with van der Waals surface area (Å²) in [4.78, 5) is 14.2. The minimum atomic E-state index is -0.0208. The van der Waals surface area contributed by atoms with Crippen LogP contribution >= 0.6 is 0 Å². The molecule has 3 N–H and O–H groups in total. The summed E-state index contributed by atoms with van der Waals surface area (Å²) in [6.45, 7) is 1.93. The number of nitrogens with zero attached hydrogens (tertiary/aromatic N) is 2. The van der Waals surface area contributed by atoms with Gasteiger partial charge in [0.2, 0.25) is 5.91 Å². The molecule has 0 radical (unpaired) electrons. The molecule has 0 saturated heterocycles. The molecule has 0 aromatic carbocycles. The molecule has 2 saturated carbocycles. The standard InChI is InChI=1S/C13H23N3O2/c1-8(5-12(14)15-18)16(2)13(17)11-7-9-3-4-10(11)6-9/h8-11,18H,3-7H2,1-2H3,(H2,14,15). The monoisotopic (exact) mass is 253 g/mol. The van der Waals surface area contributed by atoms with Crippen LogP contribution in [0, 0.1) is 17.8 Å². The molecule has 0 aliphatic heterocycles. The molecule has 1 amide bonds. The summed E-state index contributed by atoms with van der Waals surface area (Å²) in [6.07, 6.45) is 5.23. The highest BCUT2D eigenvalue weighted by molar-refractivity contribution is 5.83. The molecule has 2 bridgehead atoms. The molecular weight excluding hydrogens is 230 g/mol. The van der Waals surface area contributed by atoms with E-state index in [-0.39, 0.29) is 23.7 Å². The molecule has 5 heteroatoms. The summed E-state index contributed by atoms with van der Waals surface area (Å²) in [5.74, 6) is 2.00. The summed E-state index contributed by atoms with van der Waals surface area (Å²) in [5, 5.41) is 11.5. The van der Waals surface area contributed by atoms with E-state index in [1.165, 1.54) is 19.3 Å². The fraction of sp³-hybridized carbons (Fsp3) is 0.846. The van der Waals surface area contributed by atoms with Gasteiger partial charge < -0.3 is 15.8 Å². The molecule has 0 aromatic rings. The summed E-state index contributed by atoms with van der Waals surface area (Å²) in [6, 6.07) is -0.0208. The zero-order chi connectivity index (χ0) is 13.3. The molecule has 4 atom stereocenters. The van der Waals surface area contributed by atoms with Crippen molar-refractivity contribution in [1.82, 2.24) is 4.90 Å². The van der Waals surface area contributed by atoms with Gasteiger partial charge >= 0.3 is 0 Å². The van der Waals surface area contributed by atoms with Gasteiger partial charge in [-0.3, -0.25) is 4.79 Å². The van der Waals surface area contributed by atoms with Crippen LogP contribution in [0.15, 0.2) is 5.16 Å². The lowest BCUT2D eigenvalue weighted by Crippen LogP contribution is -2.42. The molecule has 0 aromatic heterocycles. The Morgan fingerprint density at radius 3 is 2.72 bits per heavy atom. The summed E-state index contributed by atoms with van der Waals surface area (Å²) in [7, 11) is 1.82. The van der Waals surface area contributed by atoms with Gasteiger partial charge in [0.1, 0.15) is 5.84 Å². The van der Waals surface area contributed by atoms with E-state index in [1.807, 2.05) is 14.0 Å². The van der Waals surface area contributed by atoms with Gasteiger partial charge in [-0.15, -0.1) is 0 Å². The first kappa shape index (κ1) is 13.2. The largest absolute Gasteiger partial charge is 0.409 e. The van der Waals surface area contributed by atoms with E-state index in [0.717, 1.165) is 12.3 Å². The number of oxime groups is 1. The number of hydrogen-bond donors (Lipinski definition) is 2. The van der Waals surface area contributed by atoms with E-state index in [2.05, 4.69) is 5.16 Å². The zero-order valence-corrected chi connectivity index (χ0v) is 11.2. The van der Waals surface area contributed by atoms with Crippen molar-refractivity contribution in [3.63, 3.8) is 0 Å². The molecule has 102 valence electrons. The summed E-state index contributed by atoms with van der Waals surface area (Å²) in [5.41, 5.74) is 5.49. The Bertz CT molecular complexity index is 356. The van der Waals surface area contributed by atoms with E-state index >= 15 is 0 Å². The minimum absolute atomic E-state index is 0.0208. The van der Waals surface area contributed by atoms with Gasteiger partial charge in [-0.1, -0.05) is 11.6 Å². The first-order valence-electron chi connectivity index (χ1n) is 6.76. The van der Waals surface area contributed by atoms with Gasteiger partial charge in [0, 0.05) is 25.4 Å². The van der Waals surface area contributed by atoms with Gasteiger partial charge in [-0.05, 0) is 38.0 Å². The summed E-state index contributed by atoms with van der Waals surface area (Å²) < 4.78 is 0. The number of carbonyl (C=O) groups excluding carboxylic acids is 1. The quantitative estimate of drug-likeness (QED) is 0.344. The lowest BCUT2D eigenvalue weighted by atomic mass is 9.87. The van der Waals surface area contributed by atoms with Gasteiger partial charge in [0.15, 0.2) is 0 Å². The number of amides is 1. The smallest absolute Gasteiger partial charge is 0.225 e.